The van der Waals surface area contributed by atoms with Crippen molar-refractivity contribution < 1.29 is 12.6 Å². The van der Waals surface area contributed by atoms with E-state index in [0.717, 1.165) is 9.87 Å². The van der Waals surface area contributed by atoms with Crippen molar-refractivity contribution in [2.24, 2.45) is 0 Å². The Morgan fingerprint density at radius 1 is 1.33 bits per heavy atom. The lowest BCUT2D eigenvalue weighted by Crippen LogP contribution is -2.27. The second-order valence-corrected chi connectivity index (χ2v) is 5.06. The summed E-state index contributed by atoms with van der Waals surface area (Å²) in [6, 6.07) is 4.99. The van der Waals surface area contributed by atoms with Gasteiger partial charge >= 0.3 is 10.3 Å². The average molecular weight is 230 g/mol. The standard InChI is InChI=1S/C9H14N2O3S/c1-7-5-4-6-8(9(7)10)14-15(12,13)11(2)3/h4-6H,10H2,1-3H3. The van der Waals surface area contributed by atoms with Gasteiger partial charge in [0.05, 0.1) is 5.69 Å². The fourth-order valence-electron chi connectivity index (χ4n) is 0.914. The number of nitrogen functional groups attached to an aromatic ring is 1. The summed E-state index contributed by atoms with van der Waals surface area (Å²) in [5, 5.41) is 0. The van der Waals surface area contributed by atoms with Crippen LogP contribution in [0.25, 0.3) is 0 Å². The third-order valence-corrected chi connectivity index (χ3v) is 3.21. The van der Waals surface area contributed by atoms with Crippen LogP contribution in [-0.4, -0.2) is 26.8 Å². The van der Waals surface area contributed by atoms with Crippen LogP contribution >= 0.6 is 0 Å². The Morgan fingerprint density at radius 2 is 1.93 bits per heavy atom. The second-order valence-electron chi connectivity index (χ2n) is 3.31. The number of aryl methyl sites for hydroxylation is 1. The molecule has 0 atom stereocenters. The molecule has 0 spiro atoms. The summed E-state index contributed by atoms with van der Waals surface area (Å²) in [4.78, 5) is 0. The lowest BCUT2D eigenvalue weighted by molar-refractivity contribution is 0.422. The first-order valence-corrected chi connectivity index (χ1v) is 5.68. The molecule has 0 heterocycles. The van der Waals surface area contributed by atoms with Crippen LogP contribution in [0.2, 0.25) is 0 Å². The molecule has 0 amide bonds. The first kappa shape index (κ1) is 11.8. The summed E-state index contributed by atoms with van der Waals surface area (Å²) in [5.41, 5.74) is 6.80. The van der Waals surface area contributed by atoms with Crippen molar-refractivity contribution in [3.8, 4) is 5.75 Å². The van der Waals surface area contributed by atoms with E-state index in [4.69, 9.17) is 9.92 Å². The molecule has 0 aliphatic heterocycles. The van der Waals surface area contributed by atoms with Gasteiger partial charge < -0.3 is 9.92 Å². The fourth-order valence-corrected chi connectivity index (χ4v) is 1.44. The number of nitrogens with two attached hydrogens (primary N) is 1. The average Bonchev–Trinajstić information content (AvgIpc) is 2.12. The fraction of sp³-hybridized carbons (Fsp3) is 0.333. The molecule has 0 fully saturated rings. The van der Waals surface area contributed by atoms with Crippen LogP contribution in [0.4, 0.5) is 5.69 Å². The highest BCUT2D eigenvalue weighted by Crippen LogP contribution is 2.25. The van der Waals surface area contributed by atoms with E-state index in [2.05, 4.69) is 0 Å². The molecule has 2 N–H and O–H groups in total. The molecule has 0 saturated carbocycles. The molecule has 0 unspecified atom stereocenters. The second kappa shape index (κ2) is 4.08. The molecular formula is C9H14N2O3S. The van der Waals surface area contributed by atoms with Crippen LogP contribution in [0.1, 0.15) is 5.56 Å². The molecule has 15 heavy (non-hydrogen) atoms. The minimum absolute atomic E-state index is 0.156. The number of hydrogen-bond acceptors (Lipinski definition) is 4. The van der Waals surface area contributed by atoms with Crippen molar-refractivity contribution in [2.45, 2.75) is 6.92 Å². The zero-order chi connectivity index (χ0) is 11.6. The van der Waals surface area contributed by atoms with Gasteiger partial charge in [-0.25, -0.2) is 0 Å². The van der Waals surface area contributed by atoms with E-state index in [9.17, 15) is 8.42 Å². The highest BCUT2D eigenvalue weighted by atomic mass is 32.2. The van der Waals surface area contributed by atoms with E-state index in [1.54, 1.807) is 19.1 Å². The van der Waals surface area contributed by atoms with Crippen LogP contribution in [0.5, 0.6) is 5.75 Å². The van der Waals surface area contributed by atoms with Gasteiger partial charge in [-0.15, -0.1) is 0 Å². The van der Waals surface area contributed by atoms with Crippen LogP contribution in [0, 0.1) is 6.92 Å². The van der Waals surface area contributed by atoms with Crippen molar-refractivity contribution in [3.05, 3.63) is 23.8 Å². The first-order chi connectivity index (χ1) is 6.84. The normalized spacial score (nSPS) is 11.7. The van der Waals surface area contributed by atoms with Crippen molar-refractivity contribution >= 4 is 16.0 Å². The molecule has 1 aromatic carbocycles. The highest BCUT2D eigenvalue weighted by Gasteiger charge is 2.17. The van der Waals surface area contributed by atoms with Crippen molar-refractivity contribution in [3.63, 3.8) is 0 Å². The quantitative estimate of drug-likeness (QED) is 0.778. The molecule has 6 heteroatoms. The molecule has 1 aromatic rings. The summed E-state index contributed by atoms with van der Waals surface area (Å²) in [7, 11) is -0.957. The zero-order valence-corrected chi connectivity index (χ0v) is 9.71. The summed E-state index contributed by atoms with van der Waals surface area (Å²) >= 11 is 0. The third-order valence-electron chi connectivity index (χ3n) is 1.93. The molecule has 84 valence electrons. The van der Waals surface area contributed by atoms with Crippen LogP contribution in [-0.2, 0) is 10.3 Å². The molecule has 0 aliphatic carbocycles. The van der Waals surface area contributed by atoms with Gasteiger partial charge in [0.1, 0.15) is 0 Å². The zero-order valence-electron chi connectivity index (χ0n) is 8.89. The van der Waals surface area contributed by atoms with E-state index in [1.165, 1.54) is 20.2 Å². The van der Waals surface area contributed by atoms with E-state index in [1.807, 2.05) is 0 Å². The van der Waals surface area contributed by atoms with E-state index in [0.29, 0.717) is 5.69 Å². The van der Waals surface area contributed by atoms with Gasteiger partial charge in [0.2, 0.25) is 0 Å². The molecular weight excluding hydrogens is 216 g/mol. The maximum absolute atomic E-state index is 11.4. The smallest absolute Gasteiger partial charge is 0.384 e. The SMILES string of the molecule is Cc1cccc(OS(=O)(=O)N(C)C)c1N. The summed E-state index contributed by atoms with van der Waals surface area (Å²) in [6.07, 6.45) is 0. The Balaban J connectivity index is 3.06. The molecule has 0 radical (unpaired) electrons. The maximum Gasteiger partial charge on any atom is 0.384 e. The van der Waals surface area contributed by atoms with Gasteiger partial charge in [-0.2, -0.15) is 12.7 Å². The monoisotopic (exact) mass is 230 g/mol. The minimum Gasteiger partial charge on any atom is -0.395 e. The number of benzene rings is 1. The third kappa shape index (κ3) is 2.60. The Hall–Kier alpha value is -1.27. The molecule has 0 saturated heterocycles. The predicted molar refractivity (Wildman–Crippen MR) is 58.8 cm³/mol. The van der Waals surface area contributed by atoms with Crippen molar-refractivity contribution in [1.82, 2.24) is 4.31 Å². The molecule has 0 aliphatic rings. The first-order valence-electron chi connectivity index (χ1n) is 4.31. The minimum atomic E-state index is -3.74. The van der Waals surface area contributed by atoms with Crippen molar-refractivity contribution in [1.29, 1.82) is 0 Å². The molecule has 5 nitrogen and oxygen atoms in total. The highest BCUT2D eigenvalue weighted by molar-refractivity contribution is 7.84. The Labute approximate surface area is 89.7 Å². The number of rotatable bonds is 3. The van der Waals surface area contributed by atoms with E-state index < -0.39 is 10.3 Å². The van der Waals surface area contributed by atoms with Gasteiger partial charge in [0, 0.05) is 14.1 Å². The van der Waals surface area contributed by atoms with E-state index in [-0.39, 0.29) is 5.75 Å². The summed E-state index contributed by atoms with van der Waals surface area (Å²) < 4.78 is 28.7. The van der Waals surface area contributed by atoms with Crippen molar-refractivity contribution in [2.75, 3.05) is 19.8 Å². The molecule has 0 bridgehead atoms. The topological polar surface area (TPSA) is 72.6 Å². The Kier molecular flexibility index (Phi) is 3.21. The number of hydrogen-bond donors (Lipinski definition) is 1. The van der Waals surface area contributed by atoms with Gasteiger partial charge in [-0.05, 0) is 18.6 Å². The largest absolute Gasteiger partial charge is 0.395 e. The van der Waals surface area contributed by atoms with Gasteiger partial charge in [0.25, 0.3) is 0 Å². The summed E-state index contributed by atoms with van der Waals surface area (Å²) in [5.74, 6) is 0.156. The number of anilines is 1. The van der Waals surface area contributed by atoms with Gasteiger partial charge in [-0.3, -0.25) is 0 Å². The maximum atomic E-state index is 11.4. The Morgan fingerprint density at radius 3 is 2.47 bits per heavy atom. The van der Waals surface area contributed by atoms with Gasteiger partial charge in [0.15, 0.2) is 5.75 Å². The number of para-hydroxylation sites is 1. The van der Waals surface area contributed by atoms with Crippen LogP contribution < -0.4 is 9.92 Å². The van der Waals surface area contributed by atoms with E-state index >= 15 is 0 Å². The predicted octanol–water partition coefficient (Wildman–Crippen LogP) is 0.762. The molecule has 1 rings (SSSR count). The molecule has 0 aromatic heterocycles. The number of nitrogens with zero attached hydrogens (tertiary/aromatic N) is 1. The lowest BCUT2D eigenvalue weighted by Gasteiger charge is -2.13. The van der Waals surface area contributed by atoms with Gasteiger partial charge in [-0.1, -0.05) is 12.1 Å². The lowest BCUT2D eigenvalue weighted by atomic mass is 10.2. The van der Waals surface area contributed by atoms with Crippen LogP contribution in [0.3, 0.4) is 0 Å². The Bertz CT molecular complexity index is 454. The van der Waals surface area contributed by atoms with Crippen LogP contribution in [0.15, 0.2) is 18.2 Å². The summed E-state index contributed by atoms with van der Waals surface area (Å²) in [6.45, 7) is 1.78.